The number of benzene rings is 2. The molecule has 0 spiro atoms. The molecule has 0 atom stereocenters. The van der Waals surface area contributed by atoms with E-state index in [0.717, 1.165) is 22.4 Å². The molecule has 0 unspecified atom stereocenters. The standard InChI is InChI=1S/C21H21NO4/c1-13-11-15(14-5-3-6-16(12-14)26-2)9-10-19(13)22-20(23)17-7-4-8-18(17)21(24)25/h3,5-6,9-12H,4,7-8H2,1-2H3,(H,22,23)(H,24,25). The summed E-state index contributed by atoms with van der Waals surface area (Å²) in [5.74, 6) is -0.540. The molecule has 1 amide bonds. The molecule has 5 nitrogen and oxygen atoms in total. The highest BCUT2D eigenvalue weighted by atomic mass is 16.5. The van der Waals surface area contributed by atoms with Crippen molar-refractivity contribution < 1.29 is 19.4 Å². The fraction of sp³-hybridized carbons (Fsp3) is 0.238. The predicted molar refractivity (Wildman–Crippen MR) is 100 cm³/mol. The number of carboxylic acid groups (broad SMARTS) is 1. The van der Waals surface area contributed by atoms with E-state index in [9.17, 15) is 14.7 Å². The SMILES string of the molecule is COc1cccc(-c2ccc(NC(=O)C3=C(C(=O)O)CCC3)c(C)c2)c1. The Morgan fingerprint density at radius 2 is 1.77 bits per heavy atom. The van der Waals surface area contributed by atoms with Gasteiger partial charge in [0, 0.05) is 16.8 Å². The van der Waals surface area contributed by atoms with E-state index in [0.29, 0.717) is 30.5 Å². The Morgan fingerprint density at radius 3 is 2.46 bits per heavy atom. The van der Waals surface area contributed by atoms with Crippen molar-refractivity contribution in [3.05, 3.63) is 59.2 Å². The quantitative estimate of drug-likeness (QED) is 0.847. The minimum absolute atomic E-state index is 0.230. The van der Waals surface area contributed by atoms with Crippen LogP contribution in [0.3, 0.4) is 0 Å². The molecule has 0 radical (unpaired) electrons. The number of carbonyl (C=O) groups excluding carboxylic acids is 1. The van der Waals surface area contributed by atoms with E-state index in [1.54, 1.807) is 7.11 Å². The van der Waals surface area contributed by atoms with Gasteiger partial charge in [-0.2, -0.15) is 0 Å². The number of rotatable bonds is 5. The molecule has 0 aromatic heterocycles. The maximum Gasteiger partial charge on any atom is 0.332 e. The molecule has 0 aliphatic heterocycles. The van der Waals surface area contributed by atoms with Gasteiger partial charge in [0.25, 0.3) is 5.91 Å². The van der Waals surface area contributed by atoms with Gasteiger partial charge in [-0.25, -0.2) is 4.79 Å². The molecule has 2 aromatic carbocycles. The molecule has 1 aliphatic carbocycles. The van der Waals surface area contributed by atoms with E-state index in [2.05, 4.69) is 5.32 Å². The molecular formula is C21H21NO4. The number of ether oxygens (including phenoxy) is 1. The summed E-state index contributed by atoms with van der Waals surface area (Å²) in [5.41, 5.74) is 4.25. The van der Waals surface area contributed by atoms with E-state index >= 15 is 0 Å². The summed E-state index contributed by atoms with van der Waals surface area (Å²) in [6, 6.07) is 13.5. The van der Waals surface area contributed by atoms with Crippen LogP contribution in [0.4, 0.5) is 5.69 Å². The van der Waals surface area contributed by atoms with Crippen molar-refractivity contribution in [2.75, 3.05) is 12.4 Å². The van der Waals surface area contributed by atoms with Gasteiger partial charge in [-0.15, -0.1) is 0 Å². The Balaban J connectivity index is 1.83. The summed E-state index contributed by atoms with van der Waals surface area (Å²) in [6.07, 6.45) is 1.67. The van der Waals surface area contributed by atoms with Gasteiger partial charge in [0.2, 0.25) is 0 Å². The smallest absolute Gasteiger partial charge is 0.332 e. The Morgan fingerprint density at radius 1 is 1.04 bits per heavy atom. The number of carbonyl (C=O) groups is 2. The van der Waals surface area contributed by atoms with Crippen molar-refractivity contribution >= 4 is 17.6 Å². The van der Waals surface area contributed by atoms with Crippen molar-refractivity contribution in [3.8, 4) is 16.9 Å². The predicted octanol–water partition coefficient (Wildman–Crippen LogP) is 4.17. The van der Waals surface area contributed by atoms with Gasteiger partial charge in [0.15, 0.2) is 0 Å². The third-order valence-electron chi connectivity index (χ3n) is 4.63. The van der Waals surface area contributed by atoms with Crippen molar-refractivity contribution in [2.24, 2.45) is 0 Å². The van der Waals surface area contributed by atoms with Crippen LogP contribution in [-0.2, 0) is 9.59 Å². The summed E-state index contributed by atoms with van der Waals surface area (Å²) in [4.78, 5) is 23.7. The van der Waals surface area contributed by atoms with Gasteiger partial charge in [-0.3, -0.25) is 4.79 Å². The topological polar surface area (TPSA) is 75.6 Å². The number of amides is 1. The van der Waals surface area contributed by atoms with Crippen LogP contribution in [0.25, 0.3) is 11.1 Å². The molecule has 0 saturated heterocycles. The Hall–Kier alpha value is -3.08. The second-order valence-electron chi connectivity index (χ2n) is 6.33. The van der Waals surface area contributed by atoms with Gasteiger partial charge in [0.05, 0.1) is 7.11 Å². The largest absolute Gasteiger partial charge is 0.497 e. The average Bonchev–Trinajstić information content (AvgIpc) is 3.13. The van der Waals surface area contributed by atoms with E-state index in [4.69, 9.17) is 4.74 Å². The molecule has 0 saturated carbocycles. The maximum atomic E-state index is 12.5. The van der Waals surface area contributed by atoms with Crippen molar-refractivity contribution in [1.82, 2.24) is 0 Å². The van der Waals surface area contributed by atoms with E-state index in [1.165, 1.54) is 0 Å². The lowest BCUT2D eigenvalue weighted by Crippen LogP contribution is -2.17. The number of aryl methyl sites for hydroxylation is 1. The van der Waals surface area contributed by atoms with Crippen LogP contribution in [-0.4, -0.2) is 24.1 Å². The molecule has 0 bridgehead atoms. The van der Waals surface area contributed by atoms with Crippen molar-refractivity contribution in [3.63, 3.8) is 0 Å². The number of anilines is 1. The van der Waals surface area contributed by atoms with Gasteiger partial charge >= 0.3 is 5.97 Å². The van der Waals surface area contributed by atoms with Gasteiger partial charge in [0.1, 0.15) is 5.75 Å². The van der Waals surface area contributed by atoms with Crippen LogP contribution in [0, 0.1) is 6.92 Å². The van der Waals surface area contributed by atoms with Crippen LogP contribution in [0.1, 0.15) is 24.8 Å². The fourth-order valence-corrected chi connectivity index (χ4v) is 3.21. The molecule has 134 valence electrons. The highest BCUT2D eigenvalue weighted by Gasteiger charge is 2.25. The minimum atomic E-state index is -1.00. The Kier molecular flexibility index (Phi) is 5.07. The molecule has 2 N–H and O–H groups in total. The summed E-state index contributed by atoms with van der Waals surface area (Å²) < 4.78 is 5.26. The van der Waals surface area contributed by atoms with Crippen LogP contribution in [0.2, 0.25) is 0 Å². The first kappa shape index (κ1) is 17.7. The fourth-order valence-electron chi connectivity index (χ4n) is 3.21. The molecule has 2 aromatic rings. The van der Waals surface area contributed by atoms with Gasteiger partial charge in [-0.1, -0.05) is 18.2 Å². The van der Waals surface area contributed by atoms with E-state index in [-0.39, 0.29) is 11.5 Å². The Bertz CT molecular complexity index is 899. The second-order valence-corrected chi connectivity index (χ2v) is 6.33. The average molecular weight is 351 g/mol. The Labute approximate surface area is 152 Å². The van der Waals surface area contributed by atoms with Gasteiger partial charge in [-0.05, 0) is 67.1 Å². The highest BCUT2D eigenvalue weighted by Crippen LogP contribution is 2.30. The van der Waals surface area contributed by atoms with Crippen LogP contribution in [0.5, 0.6) is 5.75 Å². The molecule has 0 fully saturated rings. The third-order valence-corrected chi connectivity index (χ3v) is 4.63. The lowest BCUT2D eigenvalue weighted by molar-refractivity contribution is -0.133. The highest BCUT2D eigenvalue weighted by molar-refractivity contribution is 6.09. The molecule has 26 heavy (non-hydrogen) atoms. The number of nitrogens with one attached hydrogen (secondary N) is 1. The number of carboxylic acids is 1. The lowest BCUT2D eigenvalue weighted by Gasteiger charge is -2.12. The van der Waals surface area contributed by atoms with Crippen molar-refractivity contribution in [2.45, 2.75) is 26.2 Å². The first-order chi connectivity index (χ1) is 12.5. The number of methoxy groups -OCH3 is 1. The van der Waals surface area contributed by atoms with Crippen molar-refractivity contribution in [1.29, 1.82) is 0 Å². The number of aliphatic carboxylic acids is 1. The number of hydrogen-bond acceptors (Lipinski definition) is 3. The zero-order valence-electron chi connectivity index (χ0n) is 14.8. The maximum absolute atomic E-state index is 12.5. The monoisotopic (exact) mass is 351 g/mol. The molecule has 0 heterocycles. The van der Waals surface area contributed by atoms with Crippen LogP contribution < -0.4 is 10.1 Å². The molecule has 5 heteroatoms. The second kappa shape index (κ2) is 7.44. The zero-order valence-corrected chi connectivity index (χ0v) is 14.8. The minimum Gasteiger partial charge on any atom is -0.497 e. The first-order valence-electron chi connectivity index (χ1n) is 8.51. The lowest BCUT2D eigenvalue weighted by atomic mass is 10.0. The normalized spacial score (nSPS) is 13.6. The first-order valence-corrected chi connectivity index (χ1v) is 8.51. The third kappa shape index (κ3) is 3.61. The molecule has 3 rings (SSSR count). The summed E-state index contributed by atoms with van der Waals surface area (Å²) in [5, 5.41) is 12.1. The van der Waals surface area contributed by atoms with E-state index in [1.807, 2.05) is 49.4 Å². The number of hydrogen-bond donors (Lipinski definition) is 2. The summed E-state index contributed by atoms with van der Waals surface area (Å²) >= 11 is 0. The van der Waals surface area contributed by atoms with Crippen LogP contribution in [0.15, 0.2) is 53.6 Å². The van der Waals surface area contributed by atoms with E-state index < -0.39 is 5.97 Å². The zero-order chi connectivity index (χ0) is 18.7. The summed E-state index contributed by atoms with van der Waals surface area (Å²) in [6.45, 7) is 1.92. The van der Waals surface area contributed by atoms with Crippen LogP contribution >= 0.6 is 0 Å². The van der Waals surface area contributed by atoms with Gasteiger partial charge < -0.3 is 15.2 Å². The summed E-state index contributed by atoms with van der Waals surface area (Å²) in [7, 11) is 1.63. The molecular weight excluding hydrogens is 330 g/mol. The molecule has 1 aliphatic rings.